The van der Waals surface area contributed by atoms with E-state index >= 15 is 0 Å². The van der Waals surface area contributed by atoms with Crippen molar-refractivity contribution >= 4 is 6.21 Å². The van der Waals surface area contributed by atoms with E-state index in [2.05, 4.69) is 53.7 Å². The number of aliphatic imine (C=N–C) groups is 1. The molecule has 1 fully saturated rings. The van der Waals surface area contributed by atoms with E-state index in [9.17, 15) is 5.11 Å². The van der Waals surface area contributed by atoms with Crippen LogP contribution in [0.2, 0.25) is 0 Å². The highest BCUT2D eigenvalue weighted by atomic mass is 16.3. The van der Waals surface area contributed by atoms with Crippen LogP contribution in [0.15, 0.2) is 17.1 Å². The first-order valence-corrected chi connectivity index (χ1v) is 9.17. The van der Waals surface area contributed by atoms with E-state index < -0.39 is 0 Å². The fourth-order valence-corrected chi connectivity index (χ4v) is 3.26. The van der Waals surface area contributed by atoms with Crippen molar-refractivity contribution < 1.29 is 5.11 Å². The lowest BCUT2D eigenvalue weighted by atomic mass is 9.79. The molecule has 0 spiro atoms. The molecule has 0 bridgehead atoms. The summed E-state index contributed by atoms with van der Waals surface area (Å²) in [5, 5.41) is 10.8. The molecule has 0 saturated heterocycles. The van der Waals surface area contributed by atoms with Gasteiger partial charge in [-0.15, -0.1) is 0 Å². The summed E-state index contributed by atoms with van der Waals surface area (Å²) in [5.74, 6) is 0.351. The quantitative estimate of drug-likeness (QED) is 0.774. The first kappa shape index (κ1) is 19.0. The molecule has 0 aliphatic heterocycles. The van der Waals surface area contributed by atoms with Crippen LogP contribution in [-0.2, 0) is 10.8 Å². The van der Waals surface area contributed by atoms with Crippen LogP contribution >= 0.6 is 0 Å². The molecule has 3 heteroatoms. The molecule has 134 valence electrons. The number of rotatable bonds is 2. The van der Waals surface area contributed by atoms with Crippen LogP contribution in [0.1, 0.15) is 83.9 Å². The van der Waals surface area contributed by atoms with E-state index in [0.29, 0.717) is 5.75 Å². The third kappa shape index (κ3) is 4.38. The van der Waals surface area contributed by atoms with Gasteiger partial charge in [0.25, 0.3) is 0 Å². The highest BCUT2D eigenvalue weighted by molar-refractivity contribution is 5.85. The molecule has 3 N–H and O–H groups in total. The van der Waals surface area contributed by atoms with Gasteiger partial charge >= 0.3 is 0 Å². The summed E-state index contributed by atoms with van der Waals surface area (Å²) in [7, 11) is 0. The van der Waals surface area contributed by atoms with Crippen molar-refractivity contribution in [1.29, 1.82) is 0 Å². The second-order valence-electron chi connectivity index (χ2n) is 9.26. The molecule has 1 aliphatic rings. The van der Waals surface area contributed by atoms with Gasteiger partial charge in [0.2, 0.25) is 0 Å². The SMILES string of the molecule is CC(C)(C)c1cc(C=NC2CCCCC2N)c(O)c(C(C)(C)C)c1. The Balaban J connectivity index is 2.44. The summed E-state index contributed by atoms with van der Waals surface area (Å²) < 4.78 is 0. The minimum Gasteiger partial charge on any atom is -0.507 e. The average Bonchev–Trinajstić information content (AvgIpc) is 2.45. The largest absolute Gasteiger partial charge is 0.507 e. The third-order valence-electron chi connectivity index (χ3n) is 5.00. The molecular formula is C21H34N2O. The zero-order chi connectivity index (χ0) is 18.1. The van der Waals surface area contributed by atoms with Gasteiger partial charge in [-0.3, -0.25) is 4.99 Å². The van der Waals surface area contributed by atoms with Crippen molar-refractivity contribution in [3.8, 4) is 5.75 Å². The summed E-state index contributed by atoms with van der Waals surface area (Å²) >= 11 is 0. The Labute approximate surface area is 147 Å². The summed E-state index contributed by atoms with van der Waals surface area (Å²) in [4.78, 5) is 4.73. The summed E-state index contributed by atoms with van der Waals surface area (Å²) in [6.45, 7) is 13.0. The number of aromatic hydroxyl groups is 1. The monoisotopic (exact) mass is 330 g/mol. The molecule has 0 aromatic heterocycles. The van der Waals surface area contributed by atoms with Gasteiger partial charge in [0.15, 0.2) is 0 Å². The van der Waals surface area contributed by atoms with Gasteiger partial charge in [-0.2, -0.15) is 0 Å². The predicted molar refractivity (Wildman–Crippen MR) is 103 cm³/mol. The Bertz CT molecular complexity index is 605. The van der Waals surface area contributed by atoms with Crippen molar-refractivity contribution in [3.63, 3.8) is 0 Å². The Kier molecular flexibility index (Phi) is 5.44. The Morgan fingerprint density at radius 3 is 2.21 bits per heavy atom. The maximum Gasteiger partial charge on any atom is 0.128 e. The molecule has 1 aromatic carbocycles. The number of nitrogens with zero attached hydrogens (tertiary/aromatic N) is 1. The second-order valence-corrected chi connectivity index (χ2v) is 9.26. The smallest absolute Gasteiger partial charge is 0.128 e. The molecule has 3 nitrogen and oxygen atoms in total. The molecule has 0 amide bonds. The number of hydrogen-bond acceptors (Lipinski definition) is 3. The number of nitrogens with two attached hydrogens (primary N) is 1. The highest BCUT2D eigenvalue weighted by Crippen LogP contribution is 2.37. The molecule has 0 radical (unpaired) electrons. The molecule has 2 atom stereocenters. The van der Waals surface area contributed by atoms with Gasteiger partial charge in [-0.25, -0.2) is 0 Å². The lowest BCUT2D eigenvalue weighted by Crippen LogP contribution is -2.36. The van der Waals surface area contributed by atoms with Crippen LogP contribution in [0.5, 0.6) is 5.75 Å². The highest BCUT2D eigenvalue weighted by Gasteiger charge is 2.25. The van der Waals surface area contributed by atoms with Gasteiger partial charge in [-0.1, -0.05) is 60.5 Å². The van der Waals surface area contributed by atoms with Gasteiger partial charge in [0, 0.05) is 23.4 Å². The number of hydrogen-bond donors (Lipinski definition) is 2. The second kappa shape index (κ2) is 6.87. The first-order chi connectivity index (χ1) is 11.0. The number of phenolic OH excluding ortho intramolecular Hbond substituents is 1. The molecule has 1 aliphatic carbocycles. The van der Waals surface area contributed by atoms with Crippen molar-refractivity contribution in [1.82, 2.24) is 0 Å². The molecule has 1 saturated carbocycles. The lowest BCUT2D eigenvalue weighted by molar-refractivity contribution is 0.387. The van der Waals surface area contributed by atoms with Crippen LogP contribution in [0, 0.1) is 0 Å². The minimum absolute atomic E-state index is 0.0253. The van der Waals surface area contributed by atoms with E-state index in [4.69, 9.17) is 10.7 Å². The van der Waals surface area contributed by atoms with Crippen molar-refractivity contribution in [2.24, 2.45) is 10.7 Å². The Hall–Kier alpha value is -1.35. The lowest BCUT2D eigenvalue weighted by Gasteiger charge is -2.27. The van der Waals surface area contributed by atoms with Gasteiger partial charge in [-0.05, 0) is 35.3 Å². The molecule has 1 aromatic rings. The van der Waals surface area contributed by atoms with Gasteiger partial charge in [0.1, 0.15) is 5.75 Å². The first-order valence-electron chi connectivity index (χ1n) is 9.17. The molecule has 24 heavy (non-hydrogen) atoms. The van der Waals surface area contributed by atoms with Gasteiger partial charge in [0.05, 0.1) is 6.04 Å². The zero-order valence-corrected chi connectivity index (χ0v) is 16.2. The van der Waals surface area contributed by atoms with Crippen LogP contribution in [0.4, 0.5) is 0 Å². The maximum absolute atomic E-state index is 10.8. The van der Waals surface area contributed by atoms with Crippen molar-refractivity contribution in [2.75, 3.05) is 0 Å². The van der Waals surface area contributed by atoms with E-state index in [1.807, 2.05) is 6.21 Å². The molecular weight excluding hydrogens is 296 g/mol. The minimum atomic E-state index is -0.116. The fourth-order valence-electron chi connectivity index (χ4n) is 3.26. The fraction of sp³-hybridized carbons (Fsp3) is 0.667. The van der Waals surface area contributed by atoms with E-state index in [1.54, 1.807) is 0 Å². The standard InChI is InChI=1S/C21H34N2O/c1-20(2,3)15-11-14(19(24)16(12-15)21(4,5)6)13-23-18-10-8-7-9-17(18)22/h11-13,17-18,24H,7-10,22H2,1-6H3. The van der Waals surface area contributed by atoms with E-state index in [0.717, 1.165) is 24.0 Å². The number of benzene rings is 1. The van der Waals surface area contributed by atoms with Crippen LogP contribution in [-0.4, -0.2) is 23.4 Å². The number of phenols is 1. The Morgan fingerprint density at radius 2 is 1.67 bits per heavy atom. The normalized spacial score (nSPS) is 23.0. The van der Waals surface area contributed by atoms with Crippen LogP contribution in [0.25, 0.3) is 0 Å². The van der Waals surface area contributed by atoms with Crippen molar-refractivity contribution in [2.45, 2.75) is 90.1 Å². The van der Waals surface area contributed by atoms with Gasteiger partial charge < -0.3 is 10.8 Å². The molecule has 2 rings (SSSR count). The summed E-state index contributed by atoms with van der Waals surface area (Å²) in [5.41, 5.74) is 9.12. The maximum atomic E-state index is 10.8. The Morgan fingerprint density at radius 1 is 1.04 bits per heavy atom. The third-order valence-corrected chi connectivity index (χ3v) is 5.00. The van der Waals surface area contributed by atoms with Crippen molar-refractivity contribution in [3.05, 3.63) is 28.8 Å². The van der Waals surface area contributed by atoms with Crippen LogP contribution in [0.3, 0.4) is 0 Å². The summed E-state index contributed by atoms with van der Waals surface area (Å²) in [6, 6.07) is 4.53. The topological polar surface area (TPSA) is 58.6 Å². The summed E-state index contributed by atoms with van der Waals surface area (Å²) in [6.07, 6.45) is 6.32. The average molecular weight is 331 g/mol. The van der Waals surface area contributed by atoms with E-state index in [1.165, 1.54) is 18.4 Å². The van der Waals surface area contributed by atoms with E-state index in [-0.39, 0.29) is 22.9 Å². The predicted octanol–water partition coefficient (Wildman–Crippen LogP) is 4.68. The molecule has 0 heterocycles. The molecule has 2 unspecified atom stereocenters. The van der Waals surface area contributed by atoms with Crippen LogP contribution < -0.4 is 5.73 Å². The zero-order valence-electron chi connectivity index (χ0n) is 16.2.